The first-order valence-electron chi connectivity index (χ1n) is 13.1. The summed E-state index contributed by atoms with van der Waals surface area (Å²) in [6.07, 6.45) is -1.81. The second-order valence-electron chi connectivity index (χ2n) is 10.9. The molecule has 1 fully saturated rings. The molecule has 0 bridgehead atoms. The van der Waals surface area contributed by atoms with Gasteiger partial charge in [0.1, 0.15) is 36.0 Å². The van der Waals surface area contributed by atoms with Crippen LogP contribution in [0.4, 0.5) is 13.6 Å². The smallest absolute Gasteiger partial charge is 0.408 e. The molecule has 3 amide bonds. The van der Waals surface area contributed by atoms with E-state index in [0.29, 0.717) is 22.2 Å². The summed E-state index contributed by atoms with van der Waals surface area (Å²) < 4.78 is 37.7. The molecule has 2 atom stereocenters. The van der Waals surface area contributed by atoms with Crippen LogP contribution in [0.3, 0.4) is 0 Å². The summed E-state index contributed by atoms with van der Waals surface area (Å²) in [5.74, 6) is -0.853. The number of piperidine rings is 1. The Balaban J connectivity index is 1.60. The third kappa shape index (κ3) is 7.29. The fraction of sp³-hybridized carbons (Fsp3) is 0.464. The molecule has 2 aromatic rings. The molecular weight excluding hydrogens is 560 g/mol. The van der Waals surface area contributed by atoms with Crippen molar-refractivity contribution in [3.8, 4) is 5.75 Å². The maximum absolute atomic E-state index is 13.9. The molecule has 13 heteroatoms. The molecule has 10 nitrogen and oxygen atoms in total. The number of para-hydroxylation sites is 1. The summed E-state index contributed by atoms with van der Waals surface area (Å²) in [4.78, 5) is 45.9. The van der Waals surface area contributed by atoms with E-state index >= 15 is 0 Å². The van der Waals surface area contributed by atoms with E-state index in [9.17, 15) is 23.2 Å². The first-order valence-corrected chi connectivity index (χ1v) is 13.5. The van der Waals surface area contributed by atoms with Crippen molar-refractivity contribution in [1.29, 1.82) is 0 Å². The van der Waals surface area contributed by atoms with Crippen LogP contribution in [-0.2, 0) is 20.7 Å². The van der Waals surface area contributed by atoms with Gasteiger partial charge in [0, 0.05) is 37.8 Å². The summed E-state index contributed by atoms with van der Waals surface area (Å²) >= 11 is 6.20. The molecule has 1 saturated heterocycles. The fourth-order valence-electron chi connectivity index (χ4n) is 4.82. The van der Waals surface area contributed by atoms with Gasteiger partial charge in [0.15, 0.2) is 0 Å². The highest BCUT2D eigenvalue weighted by Gasteiger charge is 2.55. The predicted molar refractivity (Wildman–Crippen MR) is 147 cm³/mol. The first-order chi connectivity index (χ1) is 19.4. The van der Waals surface area contributed by atoms with Crippen LogP contribution in [0.15, 0.2) is 53.8 Å². The Morgan fingerprint density at radius 2 is 1.90 bits per heavy atom. The molecule has 1 N–H and O–H groups in total. The summed E-state index contributed by atoms with van der Waals surface area (Å²) in [5.41, 5.74) is -1.24. The van der Waals surface area contributed by atoms with Crippen LogP contribution in [0, 0.1) is 5.41 Å². The Morgan fingerprint density at radius 3 is 2.56 bits per heavy atom. The van der Waals surface area contributed by atoms with Crippen molar-refractivity contribution in [2.45, 2.75) is 51.7 Å². The number of amides is 3. The number of halogens is 3. The topological polar surface area (TPSA) is 113 Å². The lowest BCUT2D eigenvalue weighted by molar-refractivity contribution is -0.143. The van der Waals surface area contributed by atoms with Gasteiger partial charge in [-0.3, -0.25) is 14.6 Å². The van der Waals surface area contributed by atoms with Gasteiger partial charge < -0.3 is 19.7 Å². The van der Waals surface area contributed by atoms with Gasteiger partial charge >= 0.3 is 6.09 Å². The minimum absolute atomic E-state index is 0.0648. The zero-order chi connectivity index (χ0) is 29.8. The Bertz CT molecular complexity index is 1310. The number of likely N-dealkylation sites (tertiary alicyclic amines) is 1. The molecule has 0 aliphatic carbocycles. The van der Waals surface area contributed by atoms with Crippen molar-refractivity contribution >= 4 is 35.2 Å². The second kappa shape index (κ2) is 12.4. The number of carbonyl (C=O) groups excluding carboxylic acids is 3. The summed E-state index contributed by atoms with van der Waals surface area (Å²) in [7, 11) is 0. The number of aromatic nitrogens is 1. The van der Waals surface area contributed by atoms with Gasteiger partial charge in [0.2, 0.25) is 5.91 Å². The molecule has 0 saturated carbocycles. The van der Waals surface area contributed by atoms with Crippen LogP contribution in [0.5, 0.6) is 5.75 Å². The predicted octanol–water partition coefficient (Wildman–Crippen LogP) is 3.93. The fourth-order valence-corrected chi connectivity index (χ4v) is 5.01. The molecule has 1 aromatic carbocycles. The average molecular weight is 592 g/mol. The van der Waals surface area contributed by atoms with E-state index in [-0.39, 0.29) is 32.5 Å². The molecule has 0 spiro atoms. The number of alkyl halides is 2. The van der Waals surface area contributed by atoms with Gasteiger partial charge in [-0.15, -0.1) is 0 Å². The van der Waals surface area contributed by atoms with E-state index in [1.54, 1.807) is 69.4 Å². The number of nitrogens with one attached hydrogen (secondary N) is 1. The van der Waals surface area contributed by atoms with Crippen molar-refractivity contribution in [1.82, 2.24) is 20.2 Å². The molecule has 2 aliphatic heterocycles. The normalized spacial score (nSPS) is 19.5. The zero-order valence-corrected chi connectivity index (χ0v) is 23.7. The summed E-state index contributed by atoms with van der Waals surface area (Å²) in [5, 5.41) is 7.91. The third-order valence-electron chi connectivity index (χ3n) is 6.58. The quantitative estimate of drug-likeness (QED) is 0.473. The molecule has 2 aliphatic rings. The molecule has 41 heavy (non-hydrogen) atoms. The van der Waals surface area contributed by atoms with Gasteiger partial charge in [0.05, 0.1) is 10.7 Å². The molecule has 220 valence electrons. The van der Waals surface area contributed by atoms with Crippen LogP contribution in [-0.4, -0.2) is 82.8 Å². The number of fused-ring (bicyclic) bond motifs is 1. The van der Waals surface area contributed by atoms with Gasteiger partial charge in [-0.25, -0.2) is 18.6 Å². The van der Waals surface area contributed by atoms with E-state index in [4.69, 9.17) is 21.1 Å². The monoisotopic (exact) mass is 591 g/mol. The van der Waals surface area contributed by atoms with Crippen molar-refractivity contribution < 1.29 is 32.6 Å². The maximum atomic E-state index is 13.9. The number of hydrazone groups is 1. The molecule has 3 heterocycles. The Hall–Kier alpha value is -3.80. The highest BCUT2D eigenvalue weighted by atomic mass is 35.5. The van der Waals surface area contributed by atoms with Crippen LogP contribution in [0.2, 0.25) is 5.02 Å². The average Bonchev–Trinajstić information content (AvgIpc) is 3.16. The van der Waals surface area contributed by atoms with Gasteiger partial charge in [-0.1, -0.05) is 29.8 Å². The van der Waals surface area contributed by atoms with Crippen molar-refractivity contribution in [2.24, 2.45) is 10.5 Å². The number of alkyl carbamates (subject to hydrolysis) is 1. The number of pyridine rings is 1. The second-order valence-corrected chi connectivity index (χ2v) is 11.3. The zero-order valence-electron chi connectivity index (χ0n) is 23.0. The standard InChI is InChI=1S/C28H32ClF2N5O5/c1-27(2,3)41-26(39)33-20(16-40-21-10-5-4-9-19(21)29)24(37)35-13-11-22-28(17-35,14-18-8-6-7-12-32-18)25(38)36(34-22)15-23(30)31/h4-10,12,20,23H,11,13-17H2,1-3H3,(H,33,39)/t20-,28-/m1/s1. The SMILES string of the molecule is CC(C)(C)OC(=O)N[C@H](COc1ccccc1Cl)C(=O)N1CCC2=NN(CC(F)F)C(=O)[C@]2(Cc2ccccn2)C1. The van der Waals surface area contributed by atoms with E-state index in [2.05, 4.69) is 15.4 Å². The number of benzene rings is 1. The van der Waals surface area contributed by atoms with Crippen LogP contribution in [0.1, 0.15) is 32.9 Å². The Morgan fingerprint density at radius 1 is 1.17 bits per heavy atom. The van der Waals surface area contributed by atoms with Crippen molar-refractivity contribution in [3.05, 3.63) is 59.4 Å². The Labute approximate surface area is 241 Å². The molecule has 4 rings (SSSR count). The third-order valence-corrected chi connectivity index (χ3v) is 6.89. The van der Waals surface area contributed by atoms with Gasteiger partial charge in [-0.05, 0) is 45.0 Å². The number of nitrogens with zero attached hydrogens (tertiary/aromatic N) is 4. The van der Waals surface area contributed by atoms with Crippen LogP contribution in [0.25, 0.3) is 0 Å². The van der Waals surface area contributed by atoms with E-state index < -0.39 is 47.9 Å². The first kappa shape index (κ1) is 30.2. The summed E-state index contributed by atoms with van der Waals surface area (Å²) in [6, 6.07) is 10.7. The molecule has 0 radical (unpaired) electrons. The molecular formula is C28H32ClF2N5O5. The maximum Gasteiger partial charge on any atom is 0.408 e. The van der Waals surface area contributed by atoms with Crippen LogP contribution < -0.4 is 10.1 Å². The van der Waals surface area contributed by atoms with Gasteiger partial charge in [0.25, 0.3) is 12.3 Å². The number of rotatable bonds is 9. The minimum Gasteiger partial charge on any atom is -0.489 e. The number of hydrogen-bond acceptors (Lipinski definition) is 7. The highest BCUT2D eigenvalue weighted by Crippen LogP contribution is 2.39. The summed E-state index contributed by atoms with van der Waals surface area (Å²) in [6.45, 7) is 3.94. The number of carbonyl (C=O) groups is 3. The van der Waals surface area contributed by atoms with E-state index in [1.165, 1.54) is 4.90 Å². The van der Waals surface area contributed by atoms with E-state index in [0.717, 1.165) is 5.01 Å². The molecule has 1 aromatic heterocycles. The Kier molecular flexibility index (Phi) is 9.11. The van der Waals surface area contributed by atoms with Crippen molar-refractivity contribution in [2.75, 3.05) is 26.2 Å². The minimum atomic E-state index is -2.78. The number of ether oxygens (including phenoxy) is 2. The lowest BCUT2D eigenvalue weighted by Gasteiger charge is -2.40. The van der Waals surface area contributed by atoms with Crippen LogP contribution >= 0.6 is 11.6 Å². The number of hydrogen-bond donors (Lipinski definition) is 1. The highest BCUT2D eigenvalue weighted by molar-refractivity contribution is 6.32. The van der Waals surface area contributed by atoms with Crippen molar-refractivity contribution in [3.63, 3.8) is 0 Å². The molecule has 0 unspecified atom stereocenters. The lowest BCUT2D eigenvalue weighted by atomic mass is 9.74. The largest absolute Gasteiger partial charge is 0.489 e. The van der Waals surface area contributed by atoms with Gasteiger partial charge in [-0.2, -0.15) is 5.10 Å². The lowest BCUT2D eigenvalue weighted by Crippen LogP contribution is -2.60. The van der Waals surface area contributed by atoms with E-state index in [1.807, 2.05) is 0 Å².